The number of ether oxygens (including phenoxy) is 1. The van der Waals surface area contributed by atoms with E-state index in [1.165, 1.54) is 35.9 Å². The van der Waals surface area contributed by atoms with Crippen molar-refractivity contribution in [2.24, 2.45) is 0 Å². The summed E-state index contributed by atoms with van der Waals surface area (Å²) in [4.78, 5) is 4.61. The summed E-state index contributed by atoms with van der Waals surface area (Å²) in [6.45, 7) is 10.1. The monoisotopic (exact) mass is 242 g/mol. The van der Waals surface area contributed by atoms with E-state index in [-0.39, 0.29) is 0 Å². The Hall–Kier alpha value is -0.420. The Balaban J connectivity index is 1.57. The highest BCUT2D eigenvalue weighted by molar-refractivity contribution is 7.11. The Morgan fingerprint density at radius 3 is 2.88 bits per heavy atom. The van der Waals surface area contributed by atoms with E-state index in [1.54, 1.807) is 4.90 Å². The van der Waals surface area contributed by atoms with E-state index in [9.17, 15) is 0 Å². The molecule has 0 saturated carbocycles. The minimum absolute atomic E-state index is 0.944. The van der Waals surface area contributed by atoms with Gasteiger partial charge in [0, 0.05) is 4.88 Å². The number of rotatable bonds is 5. The smallest absolute Gasteiger partial charge is 0.127 e. The van der Waals surface area contributed by atoms with Crippen molar-refractivity contribution in [1.29, 1.82) is 0 Å². The molecule has 90 valence electrons. The second-order valence-corrected chi connectivity index (χ2v) is 5.78. The fourth-order valence-electron chi connectivity index (χ4n) is 2.06. The zero-order valence-corrected chi connectivity index (χ0v) is 10.8. The molecule has 1 fully saturated rings. The number of quaternary nitrogens is 2. The molecule has 0 aliphatic carbocycles. The van der Waals surface area contributed by atoms with Crippen LogP contribution in [0.3, 0.4) is 0 Å². The molecular formula is C12H22N2OS+2. The molecule has 3 N–H and O–H groups in total. The predicted molar refractivity (Wildman–Crippen MR) is 65.9 cm³/mol. The minimum atomic E-state index is 0.944. The number of nitrogens with one attached hydrogen (secondary N) is 1. The van der Waals surface area contributed by atoms with Crippen LogP contribution in [-0.4, -0.2) is 39.4 Å². The molecule has 0 aromatic carbocycles. The van der Waals surface area contributed by atoms with Crippen LogP contribution in [0.25, 0.3) is 0 Å². The van der Waals surface area contributed by atoms with Crippen molar-refractivity contribution in [3.8, 4) is 0 Å². The number of hydrogen-bond donors (Lipinski definition) is 2. The van der Waals surface area contributed by atoms with E-state index >= 15 is 0 Å². The molecule has 2 rings (SSSR count). The molecular weight excluding hydrogens is 220 g/mol. The lowest BCUT2D eigenvalue weighted by Crippen LogP contribution is -3.16. The van der Waals surface area contributed by atoms with Crippen LogP contribution in [0.1, 0.15) is 9.75 Å². The Kier molecular flexibility index (Phi) is 4.78. The molecule has 2 heterocycles. The van der Waals surface area contributed by atoms with Gasteiger partial charge in [-0.25, -0.2) is 0 Å². The van der Waals surface area contributed by atoms with E-state index in [0.717, 1.165) is 19.8 Å². The standard InChI is InChI=1S/C12H20N2OS/c1-11-2-3-12(16-11)10-13-4-5-14-6-8-15-9-7-14/h2-3,13H,4-10H2,1H3/p+2. The third-order valence-corrected chi connectivity index (χ3v) is 4.07. The first kappa shape index (κ1) is 12.0. The molecule has 1 saturated heterocycles. The number of morpholine rings is 1. The van der Waals surface area contributed by atoms with Crippen molar-refractivity contribution >= 4 is 11.3 Å². The molecule has 0 spiro atoms. The van der Waals surface area contributed by atoms with Crippen molar-refractivity contribution in [3.05, 3.63) is 21.9 Å². The summed E-state index contributed by atoms with van der Waals surface area (Å²) in [5.41, 5.74) is 0. The van der Waals surface area contributed by atoms with Gasteiger partial charge in [0.2, 0.25) is 0 Å². The first-order chi connectivity index (χ1) is 7.84. The van der Waals surface area contributed by atoms with Crippen molar-refractivity contribution < 1.29 is 15.0 Å². The van der Waals surface area contributed by atoms with E-state index in [2.05, 4.69) is 24.4 Å². The fourth-order valence-corrected chi connectivity index (χ4v) is 2.94. The number of nitrogens with two attached hydrogens (primary N) is 1. The summed E-state index contributed by atoms with van der Waals surface area (Å²) >= 11 is 1.92. The van der Waals surface area contributed by atoms with Crippen LogP contribution in [0.4, 0.5) is 0 Å². The average molecular weight is 242 g/mol. The van der Waals surface area contributed by atoms with E-state index < -0.39 is 0 Å². The maximum Gasteiger partial charge on any atom is 0.127 e. The lowest BCUT2D eigenvalue weighted by atomic mass is 10.4. The molecule has 0 amide bonds. The first-order valence-electron chi connectivity index (χ1n) is 6.13. The normalized spacial score (nSPS) is 17.8. The molecule has 0 bridgehead atoms. The largest absolute Gasteiger partial charge is 0.370 e. The Morgan fingerprint density at radius 2 is 2.19 bits per heavy atom. The zero-order valence-electron chi connectivity index (χ0n) is 10.00. The van der Waals surface area contributed by atoms with Crippen LogP contribution < -0.4 is 10.2 Å². The minimum Gasteiger partial charge on any atom is -0.370 e. The summed E-state index contributed by atoms with van der Waals surface area (Å²) in [5.74, 6) is 0. The topological polar surface area (TPSA) is 30.3 Å². The molecule has 16 heavy (non-hydrogen) atoms. The molecule has 1 aromatic heterocycles. The quantitative estimate of drug-likeness (QED) is 0.640. The predicted octanol–water partition coefficient (Wildman–Crippen LogP) is -0.965. The van der Waals surface area contributed by atoms with Crippen LogP contribution in [0.15, 0.2) is 12.1 Å². The molecule has 0 unspecified atom stereocenters. The van der Waals surface area contributed by atoms with Gasteiger partial charge in [-0.05, 0) is 19.1 Å². The first-order valence-corrected chi connectivity index (χ1v) is 6.94. The molecule has 4 heteroatoms. The SMILES string of the molecule is Cc1ccc(C[NH2+]CC[NH+]2CCOCC2)s1. The second-order valence-electron chi connectivity index (χ2n) is 4.41. The third kappa shape index (κ3) is 3.87. The maximum atomic E-state index is 5.35. The van der Waals surface area contributed by atoms with Crippen LogP contribution in [0, 0.1) is 6.92 Å². The Morgan fingerprint density at radius 1 is 1.38 bits per heavy atom. The summed E-state index contributed by atoms with van der Waals surface area (Å²) in [6, 6.07) is 4.46. The molecule has 0 atom stereocenters. The second kappa shape index (κ2) is 6.35. The number of hydrogen-bond acceptors (Lipinski definition) is 2. The van der Waals surface area contributed by atoms with Gasteiger partial charge in [0.15, 0.2) is 0 Å². The summed E-state index contributed by atoms with van der Waals surface area (Å²) in [7, 11) is 0. The van der Waals surface area contributed by atoms with Gasteiger partial charge in [-0.3, -0.25) is 0 Å². The Labute approximate surface area is 101 Å². The molecule has 1 aliphatic heterocycles. The van der Waals surface area contributed by atoms with Crippen LogP contribution >= 0.6 is 11.3 Å². The highest BCUT2D eigenvalue weighted by atomic mass is 32.1. The van der Waals surface area contributed by atoms with Gasteiger partial charge in [-0.15, -0.1) is 11.3 Å². The van der Waals surface area contributed by atoms with Crippen molar-refractivity contribution in [3.63, 3.8) is 0 Å². The van der Waals surface area contributed by atoms with Crippen molar-refractivity contribution in [1.82, 2.24) is 0 Å². The summed E-state index contributed by atoms with van der Waals surface area (Å²) < 4.78 is 5.35. The van der Waals surface area contributed by atoms with E-state index in [4.69, 9.17) is 4.74 Å². The van der Waals surface area contributed by atoms with Gasteiger partial charge < -0.3 is 15.0 Å². The summed E-state index contributed by atoms with van der Waals surface area (Å²) in [5, 5.41) is 2.42. The lowest BCUT2D eigenvalue weighted by Gasteiger charge is -2.22. The molecule has 1 aliphatic rings. The van der Waals surface area contributed by atoms with Crippen LogP contribution in [-0.2, 0) is 11.3 Å². The molecule has 1 aromatic rings. The van der Waals surface area contributed by atoms with Crippen molar-refractivity contribution in [2.45, 2.75) is 13.5 Å². The lowest BCUT2D eigenvalue weighted by molar-refractivity contribution is -0.920. The Bertz CT molecular complexity index is 308. The van der Waals surface area contributed by atoms with Crippen molar-refractivity contribution in [2.75, 3.05) is 39.4 Å². The fraction of sp³-hybridized carbons (Fsp3) is 0.667. The van der Waals surface area contributed by atoms with E-state index in [0.29, 0.717) is 0 Å². The number of aryl methyl sites for hydroxylation is 1. The molecule has 0 radical (unpaired) electrons. The van der Waals surface area contributed by atoms with Gasteiger partial charge in [-0.1, -0.05) is 0 Å². The van der Waals surface area contributed by atoms with Crippen LogP contribution in [0.5, 0.6) is 0 Å². The maximum absolute atomic E-state index is 5.35. The highest BCUT2D eigenvalue weighted by Gasteiger charge is 2.13. The van der Waals surface area contributed by atoms with Gasteiger partial charge >= 0.3 is 0 Å². The highest BCUT2D eigenvalue weighted by Crippen LogP contribution is 2.12. The van der Waals surface area contributed by atoms with Gasteiger partial charge in [0.1, 0.15) is 32.7 Å². The van der Waals surface area contributed by atoms with Crippen LogP contribution in [0.2, 0.25) is 0 Å². The van der Waals surface area contributed by atoms with Gasteiger partial charge in [0.05, 0.1) is 18.1 Å². The van der Waals surface area contributed by atoms with Gasteiger partial charge in [-0.2, -0.15) is 0 Å². The summed E-state index contributed by atoms with van der Waals surface area (Å²) in [6.07, 6.45) is 0. The zero-order chi connectivity index (χ0) is 11.2. The third-order valence-electron chi connectivity index (χ3n) is 3.04. The van der Waals surface area contributed by atoms with Gasteiger partial charge in [0.25, 0.3) is 0 Å². The van der Waals surface area contributed by atoms with E-state index in [1.807, 2.05) is 11.3 Å². The average Bonchev–Trinajstić information content (AvgIpc) is 2.72. The number of thiophene rings is 1. The molecule has 3 nitrogen and oxygen atoms in total.